The molecule has 0 radical (unpaired) electrons. The molecule has 2 aliphatic heterocycles. The van der Waals surface area contributed by atoms with Gasteiger partial charge in [-0.2, -0.15) is 0 Å². The molecule has 1 amide bonds. The lowest BCUT2D eigenvalue weighted by molar-refractivity contribution is -0.0639. The molecule has 19 heavy (non-hydrogen) atoms. The van der Waals surface area contributed by atoms with Gasteiger partial charge in [0.2, 0.25) is 0 Å². The maximum Gasteiger partial charge on any atom is 0.270 e. The summed E-state index contributed by atoms with van der Waals surface area (Å²) in [5, 5.41) is 0. The molecule has 1 aromatic rings. The number of amides is 1. The molecule has 0 saturated carbocycles. The van der Waals surface area contributed by atoms with E-state index in [9.17, 15) is 4.79 Å². The number of hydrogen-bond donors (Lipinski definition) is 0. The first-order valence-electron chi connectivity index (χ1n) is 6.79. The van der Waals surface area contributed by atoms with Crippen molar-refractivity contribution >= 4 is 5.91 Å². The predicted octanol–water partition coefficient (Wildman–Crippen LogP) is 1.04. The van der Waals surface area contributed by atoms with Crippen molar-refractivity contribution in [3.8, 4) is 0 Å². The van der Waals surface area contributed by atoms with Crippen LogP contribution in [0, 0.1) is 0 Å². The van der Waals surface area contributed by atoms with E-state index in [-0.39, 0.29) is 24.2 Å². The van der Waals surface area contributed by atoms with Crippen LogP contribution >= 0.6 is 0 Å². The number of aromatic nitrogens is 1. The number of methoxy groups -OCH3 is 1. The highest BCUT2D eigenvalue weighted by molar-refractivity contribution is 5.93. The first-order valence-corrected chi connectivity index (χ1v) is 6.79. The van der Waals surface area contributed by atoms with Crippen molar-refractivity contribution in [2.45, 2.75) is 31.1 Å². The van der Waals surface area contributed by atoms with Gasteiger partial charge in [0.1, 0.15) is 17.9 Å². The molecule has 5 heteroatoms. The molecule has 104 valence electrons. The summed E-state index contributed by atoms with van der Waals surface area (Å²) in [6.07, 6.45) is 3.93. The number of fused-ring (bicyclic) bond motifs is 1. The van der Waals surface area contributed by atoms with E-state index in [0.717, 1.165) is 25.1 Å². The molecule has 0 unspecified atom stereocenters. The van der Waals surface area contributed by atoms with Crippen LogP contribution in [0.4, 0.5) is 0 Å². The standard InChI is InChI=1S/C14H20N2O3/c1-15-7-3-5-11(15)14(17)16-9-12(18-2)13-10(16)6-4-8-19-13/h3,5,7,10,12-13H,4,6,8-9H2,1-2H3/t10-,12+,13+/m1/s1. The quantitative estimate of drug-likeness (QED) is 0.802. The molecule has 1 aromatic heterocycles. The van der Waals surface area contributed by atoms with Gasteiger partial charge in [-0.3, -0.25) is 4.79 Å². The number of rotatable bonds is 2. The van der Waals surface area contributed by atoms with Crippen molar-refractivity contribution in [3.63, 3.8) is 0 Å². The Bertz CT molecular complexity index is 471. The molecule has 0 bridgehead atoms. The third-order valence-electron chi connectivity index (χ3n) is 4.20. The smallest absolute Gasteiger partial charge is 0.270 e. The first-order chi connectivity index (χ1) is 9.22. The number of carbonyl (C=O) groups excluding carboxylic acids is 1. The Morgan fingerprint density at radius 3 is 3.05 bits per heavy atom. The van der Waals surface area contributed by atoms with Crippen LogP contribution < -0.4 is 0 Å². The van der Waals surface area contributed by atoms with Crippen molar-refractivity contribution in [1.29, 1.82) is 0 Å². The van der Waals surface area contributed by atoms with E-state index in [4.69, 9.17) is 9.47 Å². The zero-order chi connectivity index (χ0) is 13.4. The fraction of sp³-hybridized carbons (Fsp3) is 0.643. The van der Waals surface area contributed by atoms with Gasteiger partial charge in [-0.15, -0.1) is 0 Å². The lowest BCUT2D eigenvalue weighted by Gasteiger charge is -2.32. The minimum Gasteiger partial charge on any atom is -0.377 e. The highest BCUT2D eigenvalue weighted by Gasteiger charge is 2.46. The van der Waals surface area contributed by atoms with Crippen LogP contribution in [-0.2, 0) is 16.5 Å². The molecule has 2 aliphatic rings. The number of likely N-dealkylation sites (tertiary alicyclic amines) is 1. The van der Waals surface area contributed by atoms with Crippen molar-refractivity contribution < 1.29 is 14.3 Å². The van der Waals surface area contributed by atoms with E-state index in [0.29, 0.717) is 6.54 Å². The van der Waals surface area contributed by atoms with E-state index in [1.54, 1.807) is 7.11 Å². The number of nitrogens with zero attached hydrogens (tertiary/aromatic N) is 2. The molecular formula is C14H20N2O3. The third kappa shape index (κ3) is 2.07. The molecule has 3 rings (SSSR count). The first kappa shape index (κ1) is 12.7. The minimum atomic E-state index is -0.00508. The predicted molar refractivity (Wildman–Crippen MR) is 70.0 cm³/mol. The van der Waals surface area contributed by atoms with Crippen molar-refractivity contribution in [1.82, 2.24) is 9.47 Å². The Hall–Kier alpha value is -1.33. The number of aryl methyl sites for hydroxylation is 1. The van der Waals surface area contributed by atoms with E-state index in [1.165, 1.54) is 0 Å². The largest absolute Gasteiger partial charge is 0.377 e. The van der Waals surface area contributed by atoms with Crippen LogP contribution in [0.1, 0.15) is 23.3 Å². The summed E-state index contributed by atoms with van der Waals surface area (Å²) >= 11 is 0. The van der Waals surface area contributed by atoms with Crippen LogP contribution in [-0.4, -0.2) is 53.9 Å². The van der Waals surface area contributed by atoms with Crippen LogP contribution in [0.3, 0.4) is 0 Å². The van der Waals surface area contributed by atoms with Crippen LogP contribution in [0.5, 0.6) is 0 Å². The molecule has 2 fully saturated rings. The van der Waals surface area contributed by atoms with E-state index in [1.807, 2.05) is 34.8 Å². The third-order valence-corrected chi connectivity index (χ3v) is 4.20. The van der Waals surface area contributed by atoms with Gasteiger partial charge in [0.05, 0.1) is 12.6 Å². The maximum absolute atomic E-state index is 12.6. The summed E-state index contributed by atoms with van der Waals surface area (Å²) in [4.78, 5) is 14.6. The maximum atomic E-state index is 12.6. The van der Waals surface area contributed by atoms with Gasteiger partial charge in [0.25, 0.3) is 5.91 Å². The summed E-state index contributed by atoms with van der Waals surface area (Å²) in [5.74, 6) is 0.0764. The average Bonchev–Trinajstić information content (AvgIpc) is 3.01. The molecular weight excluding hydrogens is 244 g/mol. The molecule has 5 nitrogen and oxygen atoms in total. The Morgan fingerprint density at radius 1 is 1.53 bits per heavy atom. The summed E-state index contributed by atoms with van der Waals surface area (Å²) in [5.41, 5.74) is 0.723. The van der Waals surface area contributed by atoms with Crippen LogP contribution in [0.2, 0.25) is 0 Å². The Kier molecular flexibility index (Phi) is 3.33. The molecule has 0 aliphatic carbocycles. The normalized spacial score (nSPS) is 30.4. The van der Waals surface area contributed by atoms with Crippen molar-refractivity contribution in [2.75, 3.05) is 20.3 Å². The lowest BCUT2D eigenvalue weighted by atomic mass is 10.0. The fourth-order valence-electron chi connectivity index (χ4n) is 3.18. The molecule has 3 heterocycles. The fourth-order valence-corrected chi connectivity index (χ4v) is 3.18. The summed E-state index contributed by atoms with van der Waals surface area (Å²) < 4.78 is 13.2. The monoisotopic (exact) mass is 264 g/mol. The highest BCUT2D eigenvalue weighted by Crippen LogP contribution is 2.31. The summed E-state index contributed by atoms with van der Waals surface area (Å²) in [6, 6.07) is 3.91. The SMILES string of the molecule is CO[C@H]1CN(C(=O)c2cccn2C)[C@@H]2CCCO[C@H]12. The van der Waals surface area contributed by atoms with E-state index < -0.39 is 0 Å². The topological polar surface area (TPSA) is 43.7 Å². The molecule has 2 saturated heterocycles. The van der Waals surface area contributed by atoms with Gasteiger partial charge in [-0.1, -0.05) is 0 Å². The van der Waals surface area contributed by atoms with Gasteiger partial charge >= 0.3 is 0 Å². The number of hydrogen-bond acceptors (Lipinski definition) is 3. The zero-order valence-corrected chi connectivity index (χ0v) is 11.4. The van der Waals surface area contributed by atoms with Gasteiger partial charge in [0, 0.05) is 27.0 Å². The second-order valence-corrected chi connectivity index (χ2v) is 5.28. The average molecular weight is 264 g/mol. The second kappa shape index (κ2) is 4.98. The van der Waals surface area contributed by atoms with Crippen molar-refractivity contribution in [3.05, 3.63) is 24.0 Å². The minimum absolute atomic E-state index is 0.00508. The Morgan fingerprint density at radius 2 is 2.37 bits per heavy atom. The van der Waals surface area contributed by atoms with Gasteiger partial charge in [-0.25, -0.2) is 0 Å². The van der Waals surface area contributed by atoms with Crippen molar-refractivity contribution in [2.24, 2.45) is 7.05 Å². The molecule has 0 N–H and O–H groups in total. The van der Waals surface area contributed by atoms with Crippen LogP contribution in [0.25, 0.3) is 0 Å². The van der Waals surface area contributed by atoms with Gasteiger partial charge < -0.3 is 18.9 Å². The molecule has 0 aromatic carbocycles. The zero-order valence-electron chi connectivity index (χ0n) is 11.4. The lowest BCUT2D eigenvalue weighted by Crippen LogP contribution is -2.44. The van der Waals surface area contributed by atoms with E-state index in [2.05, 4.69) is 0 Å². The molecule has 0 spiro atoms. The number of ether oxygens (including phenoxy) is 2. The summed E-state index contributed by atoms with van der Waals surface area (Å²) in [7, 11) is 3.59. The molecule has 3 atom stereocenters. The second-order valence-electron chi connectivity index (χ2n) is 5.28. The van der Waals surface area contributed by atoms with Gasteiger partial charge in [0.15, 0.2) is 0 Å². The Labute approximate surface area is 113 Å². The van der Waals surface area contributed by atoms with Crippen LogP contribution in [0.15, 0.2) is 18.3 Å². The highest BCUT2D eigenvalue weighted by atomic mass is 16.5. The van der Waals surface area contributed by atoms with Gasteiger partial charge in [-0.05, 0) is 25.0 Å². The van der Waals surface area contributed by atoms with E-state index >= 15 is 0 Å². The number of carbonyl (C=O) groups is 1. The Balaban J connectivity index is 1.84. The summed E-state index contributed by atoms with van der Waals surface area (Å²) in [6.45, 7) is 1.39.